The molecule has 3 heteroatoms. The fourth-order valence-electron chi connectivity index (χ4n) is 0.750. The highest BCUT2D eigenvalue weighted by molar-refractivity contribution is 7.99. The molecule has 0 spiro atoms. The Morgan fingerprint density at radius 1 is 1.33 bits per heavy atom. The molecule has 0 fully saturated rings. The van der Waals surface area contributed by atoms with Crippen LogP contribution in [0.4, 0.5) is 0 Å². The average Bonchev–Trinajstić information content (AvgIpc) is 2.02. The molecule has 0 aromatic carbocycles. The van der Waals surface area contributed by atoms with Crippen molar-refractivity contribution in [3.63, 3.8) is 0 Å². The molecule has 0 heterocycles. The van der Waals surface area contributed by atoms with Gasteiger partial charge in [0.05, 0.1) is 13.0 Å². The number of methoxy groups -OCH3 is 1. The van der Waals surface area contributed by atoms with E-state index in [-0.39, 0.29) is 11.9 Å². The number of ether oxygens (including phenoxy) is 1. The number of carbonyl (C=O) groups is 1. The van der Waals surface area contributed by atoms with Crippen LogP contribution in [0.25, 0.3) is 0 Å². The van der Waals surface area contributed by atoms with Crippen LogP contribution in [-0.4, -0.2) is 24.6 Å². The maximum atomic E-state index is 11.0. The molecule has 12 heavy (non-hydrogen) atoms. The third kappa shape index (κ3) is 5.47. The molecular formula is C9H18O2S. The van der Waals surface area contributed by atoms with Crippen LogP contribution in [0.3, 0.4) is 0 Å². The lowest BCUT2D eigenvalue weighted by Gasteiger charge is -2.09. The zero-order valence-electron chi connectivity index (χ0n) is 8.29. The van der Waals surface area contributed by atoms with Gasteiger partial charge < -0.3 is 4.74 Å². The number of hydrogen-bond donors (Lipinski definition) is 0. The van der Waals surface area contributed by atoms with Gasteiger partial charge in [-0.15, -0.1) is 0 Å². The number of carbonyl (C=O) groups excluding carboxylic acids is 1. The third-order valence-electron chi connectivity index (χ3n) is 1.42. The van der Waals surface area contributed by atoms with E-state index in [1.807, 2.05) is 18.7 Å². The Labute approximate surface area is 79.1 Å². The Morgan fingerprint density at radius 2 is 1.92 bits per heavy atom. The second-order valence-electron chi connectivity index (χ2n) is 3.36. The summed E-state index contributed by atoms with van der Waals surface area (Å²) >= 11 is 1.81. The van der Waals surface area contributed by atoms with E-state index in [2.05, 4.69) is 18.6 Å². The van der Waals surface area contributed by atoms with Gasteiger partial charge in [-0.1, -0.05) is 20.8 Å². The van der Waals surface area contributed by atoms with Crippen LogP contribution in [0.15, 0.2) is 0 Å². The van der Waals surface area contributed by atoms with E-state index >= 15 is 0 Å². The van der Waals surface area contributed by atoms with Crippen molar-refractivity contribution in [1.29, 1.82) is 0 Å². The van der Waals surface area contributed by atoms with Gasteiger partial charge in [-0.2, -0.15) is 11.8 Å². The highest BCUT2D eigenvalue weighted by Gasteiger charge is 2.12. The van der Waals surface area contributed by atoms with E-state index in [1.54, 1.807) is 0 Å². The van der Waals surface area contributed by atoms with E-state index in [1.165, 1.54) is 7.11 Å². The molecule has 0 aromatic rings. The van der Waals surface area contributed by atoms with Crippen LogP contribution >= 0.6 is 11.8 Å². The number of rotatable bonds is 5. The van der Waals surface area contributed by atoms with Crippen LogP contribution in [0, 0.1) is 11.8 Å². The quantitative estimate of drug-likeness (QED) is 0.622. The molecule has 72 valence electrons. The highest BCUT2D eigenvalue weighted by Crippen LogP contribution is 2.12. The minimum Gasteiger partial charge on any atom is -0.469 e. The van der Waals surface area contributed by atoms with Crippen molar-refractivity contribution in [2.24, 2.45) is 11.8 Å². The minimum absolute atomic E-state index is 0.0266. The van der Waals surface area contributed by atoms with Crippen molar-refractivity contribution in [2.45, 2.75) is 20.8 Å². The maximum Gasteiger partial charge on any atom is 0.309 e. The highest BCUT2D eigenvalue weighted by atomic mass is 32.2. The molecule has 0 amide bonds. The van der Waals surface area contributed by atoms with Gasteiger partial charge in [-0.3, -0.25) is 4.79 Å². The fraction of sp³-hybridized carbons (Fsp3) is 0.889. The van der Waals surface area contributed by atoms with Gasteiger partial charge in [0.25, 0.3) is 0 Å². The molecule has 0 aliphatic heterocycles. The summed E-state index contributed by atoms with van der Waals surface area (Å²) in [6.07, 6.45) is 0. The van der Waals surface area contributed by atoms with E-state index in [4.69, 9.17) is 0 Å². The molecule has 0 aromatic heterocycles. The summed E-state index contributed by atoms with van der Waals surface area (Å²) in [5.74, 6) is 2.59. The number of esters is 1. The molecule has 0 N–H and O–H groups in total. The van der Waals surface area contributed by atoms with Gasteiger partial charge in [-0.25, -0.2) is 0 Å². The van der Waals surface area contributed by atoms with Crippen molar-refractivity contribution >= 4 is 17.7 Å². The largest absolute Gasteiger partial charge is 0.469 e. The summed E-state index contributed by atoms with van der Waals surface area (Å²) in [6, 6.07) is 0. The molecule has 1 atom stereocenters. The van der Waals surface area contributed by atoms with E-state index in [0.717, 1.165) is 11.5 Å². The number of hydrogen-bond acceptors (Lipinski definition) is 3. The maximum absolute atomic E-state index is 11.0. The second-order valence-corrected chi connectivity index (χ2v) is 4.43. The third-order valence-corrected chi connectivity index (χ3v) is 3.06. The van der Waals surface area contributed by atoms with E-state index in [0.29, 0.717) is 5.92 Å². The van der Waals surface area contributed by atoms with Gasteiger partial charge in [0, 0.05) is 5.75 Å². The topological polar surface area (TPSA) is 26.3 Å². The van der Waals surface area contributed by atoms with Crippen molar-refractivity contribution in [3.05, 3.63) is 0 Å². The summed E-state index contributed by atoms with van der Waals surface area (Å²) in [7, 11) is 1.44. The normalized spacial score (nSPS) is 13.1. The molecule has 0 saturated heterocycles. The Balaban J connectivity index is 3.43. The van der Waals surface area contributed by atoms with Gasteiger partial charge in [0.2, 0.25) is 0 Å². The predicted molar refractivity (Wildman–Crippen MR) is 53.3 cm³/mol. The van der Waals surface area contributed by atoms with Gasteiger partial charge in [-0.05, 0) is 11.7 Å². The van der Waals surface area contributed by atoms with Crippen molar-refractivity contribution in [3.8, 4) is 0 Å². The molecule has 0 saturated carbocycles. The summed E-state index contributed by atoms with van der Waals surface area (Å²) in [5, 5.41) is 0. The van der Waals surface area contributed by atoms with Crippen molar-refractivity contribution in [1.82, 2.24) is 0 Å². The lowest BCUT2D eigenvalue weighted by Crippen LogP contribution is -2.15. The van der Waals surface area contributed by atoms with Crippen LogP contribution in [0.1, 0.15) is 20.8 Å². The smallest absolute Gasteiger partial charge is 0.309 e. The Hall–Kier alpha value is -0.180. The first-order valence-corrected chi connectivity index (χ1v) is 5.39. The lowest BCUT2D eigenvalue weighted by molar-refractivity contribution is -0.143. The van der Waals surface area contributed by atoms with Gasteiger partial charge in [0.1, 0.15) is 0 Å². The van der Waals surface area contributed by atoms with Gasteiger partial charge >= 0.3 is 5.97 Å². The minimum atomic E-state index is -0.105. The lowest BCUT2D eigenvalue weighted by atomic mass is 10.2. The average molecular weight is 190 g/mol. The summed E-state index contributed by atoms with van der Waals surface area (Å²) in [5.41, 5.74) is 0. The SMILES string of the molecule is COC(=O)[C@@H](C)CSCC(C)C. The standard InChI is InChI=1S/C9H18O2S/c1-7(2)5-12-6-8(3)9(10)11-4/h7-8H,5-6H2,1-4H3/t8-/m0/s1. The summed E-state index contributed by atoms with van der Waals surface area (Å²) < 4.78 is 4.62. The Morgan fingerprint density at radius 3 is 2.33 bits per heavy atom. The van der Waals surface area contributed by atoms with Crippen LogP contribution in [0.5, 0.6) is 0 Å². The Kier molecular flexibility index (Phi) is 6.25. The van der Waals surface area contributed by atoms with E-state index in [9.17, 15) is 4.79 Å². The molecule has 0 bridgehead atoms. The first-order valence-electron chi connectivity index (χ1n) is 4.23. The molecule has 2 nitrogen and oxygen atoms in total. The van der Waals surface area contributed by atoms with Crippen LogP contribution < -0.4 is 0 Å². The molecular weight excluding hydrogens is 172 g/mol. The molecule has 0 rings (SSSR count). The second kappa shape index (κ2) is 6.35. The monoisotopic (exact) mass is 190 g/mol. The number of thioether (sulfide) groups is 1. The summed E-state index contributed by atoms with van der Waals surface area (Å²) in [4.78, 5) is 11.0. The zero-order valence-corrected chi connectivity index (χ0v) is 9.11. The molecule has 0 aliphatic rings. The molecule has 0 aliphatic carbocycles. The van der Waals surface area contributed by atoms with Crippen LogP contribution in [-0.2, 0) is 9.53 Å². The van der Waals surface area contributed by atoms with Crippen molar-refractivity contribution in [2.75, 3.05) is 18.6 Å². The van der Waals surface area contributed by atoms with E-state index < -0.39 is 0 Å². The first-order chi connectivity index (χ1) is 5.57. The van der Waals surface area contributed by atoms with Gasteiger partial charge in [0.15, 0.2) is 0 Å². The zero-order chi connectivity index (χ0) is 9.56. The predicted octanol–water partition coefficient (Wildman–Crippen LogP) is 2.18. The Bertz CT molecular complexity index is 134. The first kappa shape index (κ1) is 11.8. The van der Waals surface area contributed by atoms with Crippen molar-refractivity contribution < 1.29 is 9.53 Å². The molecule has 0 unspecified atom stereocenters. The summed E-state index contributed by atoms with van der Waals surface area (Å²) in [6.45, 7) is 6.25. The van der Waals surface area contributed by atoms with Crippen LogP contribution in [0.2, 0.25) is 0 Å². The fourth-order valence-corrected chi connectivity index (χ4v) is 1.85. The molecule has 0 radical (unpaired) electrons.